The molecule has 1 aliphatic heterocycles. The Balaban J connectivity index is 1.90. The van der Waals surface area contributed by atoms with Crippen molar-refractivity contribution in [1.29, 1.82) is 0 Å². The zero-order chi connectivity index (χ0) is 17.3. The van der Waals surface area contributed by atoms with Gasteiger partial charge in [-0.1, -0.05) is 5.21 Å². The molecule has 0 saturated carbocycles. The summed E-state index contributed by atoms with van der Waals surface area (Å²) in [5.41, 5.74) is -0.699. The van der Waals surface area contributed by atoms with Crippen LogP contribution < -0.4 is 10.5 Å². The molecule has 3 rings (SSSR count). The van der Waals surface area contributed by atoms with Crippen LogP contribution in [0.5, 0.6) is 0 Å². The van der Waals surface area contributed by atoms with Crippen LogP contribution >= 0.6 is 0 Å². The lowest BCUT2D eigenvalue weighted by Gasteiger charge is -2.38. The first-order valence-corrected chi connectivity index (χ1v) is 8.39. The minimum absolute atomic E-state index is 0.130. The molecule has 0 unspecified atom stereocenters. The summed E-state index contributed by atoms with van der Waals surface area (Å²) in [4.78, 5) is 18.6. The fourth-order valence-corrected chi connectivity index (χ4v) is 3.07. The van der Waals surface area contributed by atoms with Gasteiger partial charge in [-0.25, -0.2) is 9.67 Å². The Labute approximate surface area is 140 Å². The van der Waals surface area contributed by atoms with Gasteiger partial charge in [0.2, 0.25) is 0 Å². The van der Waals surface area contributed by atoms with Crippen molar-refractivity contribution >= 4 is 5.82 Å². The average molecular weight is 332 g/mol. The molecule has 0 bridgehead atoms. The second kappa shape index (κ2) is 6.35. The highest BCUT2D eigenvalue weighted by Gasteiger charge is 2.38. The van der Waals surface area contributed by atoms with Crippen molar-refractivity contribution in [2.45, 2.75) is 51.8 Å². The van der Waals surface area contributed by atoms with Gasteiger partial charge in [-0.05, 0) is 33.6 Å². The SMILES string of the molecule is CCn1ccnc(N2CCC[C@@](O)(c3cn(C(C)C)nn3)C2)c1=O. The molecule has 8 nitrogen and oxygen atoms in total. The average Bonchev–Trinajstić information content (AvgIpc) is 3.06. The largest absolute Gasteiger partial charge is 0.382 e. The second-order valence-electron chi connectivity index (χ2n) is 6.58. The Bertz CT molecular complexity index is 768. The van der Waals surface area contributed by atoms with Crippen molar-refractivity contribution in [1.82, 2.24) is 24.5 Å². The van der Waals surface area contributed by atoms with E-state index in [1.165, 1.54) is 0 Å². The fourth-order valence-electron chi connectivity index (χ4n) is 3.07. The standard InChI is InChI=1S/C16H24N6O2/c1-4-20-9-7-17-14(15(20)23)21-8-5-6-16(24,11-21)13-10-22(12(2)3)19-18-13/h7,9-10,12,24H,4-6,8,11H2,1-3H3/t16-/m0/s1. The number of β-amino-alcohol motifs (C(OH)–C–C–N with tert-alkyl or cyclic N) is 1. The van der Waals surface area contributed by atoms with Crippen LogP contribution in [0, 0.1) is 0 Å². The molecule has 0 aliphatic carbocycles. The normalized spacial score (nSPS) is 21.5. The Morgan fingerprint density at radius 3 is 2.88 bits per heavy atom. The maximum atomic E-state index is 12.5. The molecule has 24 heavy (non-hydrogen) atoms. The van der Waals surface area contributed by atoms with E-state index in [-0.39, 0.29) is 11.6 Å². The molecule has 1 saturated heterocycles. The zero-order valence-electron chi connectivity index (χ0n) is 14.4. The highest BCUT2D eigenvalue weighted by molar-refractivity contribution is 5.38. The molecular weight excluding hydrogens is 308 g/mol. The third-order valence-electron chi connectivity index (χ3n) is 4.52. The minimum atomic E-state index is -1.12. The van der Waals surface area contributed by atoms with Crippen molar-refractivity contribution < 1.29 is 5.11 Å². The maximum Gasteiger partial charge on any atom is 0.293 e. The van der Waals surface area contributed by atoms with Crippen LogP contribution in [0.15, 0.2) is 23.4 Å². The van der Waals surface area contributed by atoms with Gasteiger partial charge in [0.25, 0.3) is 5.56 Å². The Kier molecular flexibility index (Phi) is 4.40. The molecule has 3 heterocycles. The quantitative estimate of drug-likeness (QED) is 0.896. The molecule has 1 fully saturated rings. The Morgan fingerprint density at radius 2 is 2.21 bits per heavy atom. The molecule has 0 spiro atoms. The van der Waals surface area contributed by atoms with Crippen molar-refractivity contribution in [2.24, 2.45) is 0 Å². The topological polar surface area (TPSA) is 89.1 Å². The predicted molar refractivity (Wildman–Crippen MR) is 89.9 cm³/mol. The predicted octanol–water partition coefficient (Wildman–Crippen LogP) is 0.924. The van der Waals surface area contributed by atoms with E-state index in [2.05, 4.69) is 15.3 Å². The first-order valence-electron chi connectivity index (χ1n) is 8.39. The van der Waals surface area contributed by atoms with Crippen molar-refractivity contribution in [3.63, 3.8) is 0 Å². The van der Waals surface area contributed by atoms with E-state index >= 15 is 0 Å². The van der Waals surface area contributed by atoms with E-state index < -0.39 is 5.60 Å². The molecule has 0 aromatic carbocycles. The van der Waals surface area contributed by atoms with Crippen LogP contribution in [-0.2, 0) is 12.1 Å². The van der Waals surface area contributed by atoms with Crippen LogP contribution in [0.25, 0.3) is 0 Å². The number of nitrogens with zero attached hydrogens (tertiary/aromatic N) is 6. The summed E-state index contributed by atoms with van der Waals surface area (Å²) >= 11 is 0. The lowest BCUT2D eigenvalue weighted by atomic mass is 9.90. The molecule has 130 valence electrons. The van der Waals surface area contributed by atoms with E-state index in [0.717, 1.165) is 6.42 Å². The van der Waals surface area contributed by atoms with Crippen LogP contribution in [0.3, 0.4) is 0 Å². The zero-order valence-corrected chi connectivity index (χ0v) is 14.4. The molecule has 8 heteroatoms. The summed E-state index contributed by atoms with van der Waals surface area (Å²) in [6.45, 7) is 7.51. The van der Waals surface area contributed by atoms with Crippen LogP contribution in [-0.4, -0.2) is 42.7 Å². The summed E-state index contributed by atoms with van der Waals surface area (Å²) in [5.74, 6) is 0.383. The summed E-state index contributed by atoms with van der Waals surface area (Å²) < 4.78 is 3.35. The van der Waals surface area contributed by atoms with E-state index in [1.807, 2.05) is 25.7 Å². The van der Waals surface area contributed by atoms with Gasteiger partial charge in [0.15, 0.2) is 5.82 Å². The van der Waals surface area contributed by atoms with Crippen LogP contribution in [0.2, 0.25) is 0 Å². The van der Waals surface area contributed by atoms with E-state index in [0.29, 0.717) is 37.6 Å². The number of anilines is 1. The van der Waals surface area contributed by atoms with Gasteiger partial charge in [0, 0.05) is 31.5 Å². The van der Waals surface area contributed by atoms with Gasteiger partial charge in [-0.3, -0.25) is 4.79 Å². The lowest BCUT2D eigenvalue weighted by Crippen LogP contribution is -2.48. The summed E-state index contributed by atoms with van der Waals surface area (Å²) in [7, 11) is 0. The molecular formula is C16H24N6O2. The van der Waals surface area contributed by atoms with Crippen molar-refractivity contribution in [3.8, 4) is 0 Å². The van der Waals surface area contributed by atoms with E-state index in [1.54, 1.807) is 27.8 Å². The smallest absolute Gasteiger partial charge is 0.293 e. The first-order chi connectivity index (χ1) is 11.4. The van der Waals surface area contributed by atoms with E-state index in [9.17, 15) is 9.90 Å². The molecule has 2 aromatic heterocycles. The number of hydrogen-bond donors (Lipinski definition) is 1. The summed E-state index contributed by atoms with van der Waals surface area (Å²) in [5, 5.41) is 19.3. The minimum Gasteiger partial charge on any atom is -0.382 e. The first kappa shape index (κ1) is 16.6. The van der Waals surface area contributed by atoms with Gasteiger partial charge < -0.3 is 14.6 Å². The van der Waals surface area contributed by atoms with Gasteiger partial charge >= 0.3 is 0 Å². The monoisotopic (exact) mass is 332 g/mol. The summed E-state index contributed by atoms with van der Waals surface area (Å²) in [6.07, 6.45) is 6.44. The number of aryl methyl sites for hydroxylation is 1. The Hall–Kier alpha value is -2.22. The highest BCUT2D eigenvalue weighted by atomic mass is 16.3. The highest BCUT2D eigenvalue weighted by Crippen LogP contribution is 2.31. The van der Waals surface area contributed by atoms with Gasteiger partial charge in [-0.15, -0.1) is 5.10 Å². The number of rotatable bonds is 4. The molecule has 1 N–H and O–H groups in total. The molecule has 2 aromatic rings. The Morgan fingerprint density at radius 1 is 1.42 bits per heavy atom. The molecule has 1 atom stereocenters. The maximum absolute atomic E-state index is 12.5. The van der Waals surface area contributed by atoms with Crippen LogP contribution in [0.4, 0.5) is 5.82 Å². The third-order valence-corrected chi connectivity index (χ3v) is 4.52. The lowest BCUT2D eigenvalue weighted by molar-refractivity contribution is 0.0173. The van der Waals surface area contributed by atoms with Crippen LogP contribution in [0.1, 0.15) is 45.3 Å². The third kappa shape index (κ3) is 2.93. The number of hydrogen-bond acceptors (Lipinski definition) is 6. The second-order valence-corrected chi connectivity index (χ2v) is 6.58. The number of aromatic nitrogens is 5. The summed E-state index contributed by atoms with van der Waals surface area (Å²) in [6, 6.07) is 0.182. The number of piperidine rings is 1. The molecule has 0 amide bonds. The fraction of sp³-hybridized carbons (Fsp3) is 0.625. The number of aliphatic hydroxyl groups is 1. The van der Waals surface area contributed by atoms with E-state index in [4.69, 9.17) is 0 Å². The van der Waals surface area contributed by atoms with Gasteiger partial charge in [-0.2, -0.15) is 0 Å². The molecule has 1 aliphatic rings. The van der Waals surface area contributed by atoms with Crippen molar-refractivity contribution in [3.05, 3.63) is 34.6 Å². The molecule has 0 radical (unpaired) electrons. The van der Waals surface area contributed by atoms with Gasteiger partial charge in [0.05, 0.1) is 12.7 Å². The van der Waals surface area contributed by atoms with Gasteiger partial charge in [0.1, 0.15) is 11.3 Å². The van der Waals surface area contributed by atoms with Crippen molar-refractivity contribution in [2.75, 3.05) is 18.0 Å².